The Hall–Kier alpha value is -1.69. The molecule has 6 heteroatoms. The van der Waals surface area contributed by atoms with Crippen molar-refractivity contribution in [2.24, 2.45) is 5.92 Å². The largest absolute Gasteiger partial charge is 0.343 e. The zero-order valence-electron chi connectivity index (χ0n) is 14.9. The molecule has 3 rings (SSSR count). The van der Waals surface area contributed by atoms with Gasteiger partial charge in [-0.25, -0.2) is 9.97 Å². The number of rotatable bonds is 5. The van der Waals surface area contributed by atoms with E-state index in [4.69, 9.17) is 0 Å². The quantitative estimate of drug-likeness (QED) is 0.892. The van der Waals surface area contributed by atoms with Crippen LogP contribution in [0, 0.1) is 5.92 Å². The van der Waals surface area contributed by atoms with Crippen LogP contribution in [-0.2, 0) is 11.3 Å². The Morgan fingerprint density at radius 2 is 1.96 bits per heavy atom. The second-order valence-electron chi connectivity index (χ2n) is 6.99. The number of nitrogens with one attached hydrogen (secondary N) is 1. The summed E-state index contributed by atoms with van der Waals surface area (Å²) in [5.41, 5.74) is 1.13. The summed E-state index contributed by atoms with van der Waals surface area (Å²) in [5, 5.41) is 3.66. The molecule has 1 aromatic heterocycles. The number of anilines is 1. The molecule has 0 aliphatic carbocycles. The third kappa shape index (κ3) is 4.04. The van der Waals surface area contributed by atoms with Gasteiger partial charge in [0.1, 0.15) is 0 Å². The molecule has 2 fully saturated rings. The first-order valence-corrected chi connectivity index (χ1v) is 9.22. The first-order valence-electron chi connectivity index (χ1n) is 9.22. The van der Waals surface area contributed by atoms with Gasteiger partial charge in [-0.15, -0.1) is 0 Å². The van der Waals surface area contributed by atoms with Gasteiger partial charge in [-0.3, -0.25) is 4.79 Å². The van der Waals surface area contributed by atoms with Gasteiger partial charge in [0.2, 0.25) is 11.9 Å². The number of carbonyl (C=O) groups excluding carboxylic acids is 1. The molecular weight excluding hydrogens is 302 g/mol. The number of hydrogen-bond acceptors (Lipinski definition) is 5. The lowest BCUT2D eigenvalue weighted by molar-refractivity contribution is -0.131. The van der Waals surface area contributed by atoms with Crippen LogP contribution in [0.3, 0.4) is 0 Å². The summed E-state index contributed by atoms with van der Waals surface area (Å²) in [6.07, 6.45) is 8.48. The highest BCUT2D eigenvalue weighted by Crippen LogP contribution is 2.21. The molecule has 3 heterocycles. The molecule has 0 saturated carbocycles. The van der Waals surface area contributed by atoms with E-state index in [1.54, 1.807) is 6.92 Å². The van der Waals surface area contributed by atoms with Gasteiger partial charge in [0.05, 0.1) is 0 Å². The van der Waals surface area contributed by atoms with E-state index in [0.717, 1.165) is 57.1 Å². The Morgan fingerprint density at radius 3 is 2.58 bits per heavy atom. The Labute approximate surface area is 144 Å². The topological polar surface area (TPSA) is 61.4 Å². The molecule has 2 aliphatic rings. The predicted molar refractivity (Wildman–Crippen MR) is 94.8 cm³/mol. The minimum absolute atomic E-state index is 0.192. The SMILES string of the molecule is CCC1CN(C(C)=O)CCC1NCc1cnc(N2CCCC2)nc1. The van der Waals surface area contributed by atoms with Gasteiger partial charge in [0.25, 0.3) is 0 Å². The summed E-state index contributed by atoms with van der Waals surface area (Å²) < 4.78 is 0. The van der Waals surface area contributed by atoms with Crippen LogP contribution in [0.25, 0.3) is 0 Å². The zero-order valence-corrected chi connectivity index (χ0v) is 14.9. The number of carbonyl (C=O) groups is 1. The van der Waals surface area contributed by atoms with Gasteiger partial charge in [-0.2, -0.15) is 0 Å². The summed E-state index contributed by atoms with van der Waals surface area (Å²) in [6, 6.07) is 0.462. The van der Waals surface area contributed by atoms with E-state index in [2.05, 4.69) is 27.1 Å². The van der Waals surface area contributed by atoms with Crippen LogP contribution < -0.4 is 10.2 Å². The molecule has 2 atom stereocenters. The van der Waals surface area contributed by atoms with Crippen LogP contribution in [0.15, 0.2) is 12.4 Å². The maximum atomic E-state index is 11.6. The summed E-state index contributed by atoms with van der Waals surface area (Å²) in [5.74, 6) is 1.57. The molecule has 2 aliphatic heterocycles. The molecule has 2 saturated heterocycles. The van der Waals surface area contributed by atoms with Crippen LogP contribution in [0.2, 0.25) is 0 Å². The maximum Gasteiger partial charge on any atom is 0.225 e. The predicted octanol–water partition coefficient (Wildman–Crippen LogP) is 1.81. The minimum Gasteiger partial charge on any atom is -0.343 e. The van der Waals surface area contributed by atoms with E-state index in [1.807, 2.05) is 17.3 Å². The molecule has 1 N–H and O–H groups in total. The van der Waals surface area contributed by atoms with E-state index in [1.165, 1.54) is 12.8 Å². The lowest BCUT2D eigenvalue weighted by Gasteiger charge is -2.38. The standard InChI is InChI=1S/C18H29N5O/c1-3-16-13-23(14(2)24)9-6-17(16)19-10-15-11-20-18(21-12-15)22-7-4-5-8-22/h11-12,16-17,19H,3-10,13H2,1-2H3. The molecule has 2 unspecified atom stereocenters. The highest BCUT2D eigenvalue weighted by Gasteiger charge is 2.28. The number of aromatic nitrogens is 2. The Kier molecular flexibility index (Phi) is 5.66. The van der Waals surface area contributed by atoms with E-state index >= 15 is 0 Å². The lowest BCUT2D eigenvalue weighted by atomic mass is 9.89. The first kappa shape index (κ1) is 17.1. The van der Waals surface area contributed by atoms with Crippen LogP contribution in [0.1, 0.15) is 45.1 Å². The normalized spacial score (nSPS) is 24.4. The van der Waals surface area contributed by atoms with Gasteiger partial charge in [-0.05, 0) is 25.2 Å². The monoisotopic (exact) mass is 331 g/mol. The van der Waals surface area contributed by atoms with Gasteiger partial charge >= 0.3 is 0 Å². The van der Waals surface area contributed by atoms with E-state index in [0.29, 0.717) is 12.0 Å². The van der Waals surface area contributed by atoms with Crippen LogP contribution in [0.4, 0.5) is 5.95 Å². The van der Waals surface area contributed by atoms with Crippen molar-refractivity contribution in [3.8, 4) is 0 Å². The summed E-state index contributed by atoms with van der Waals surface area (Å²) in [6.45, 7) is 8.54. The van der Waals surface area contributed by atoms with Crippen molar-refractivity contribution >= 4 is 11.9 Å². The van der Waals surface area contributed by atoms with Crippen molar-refractivity contribution in [1.82, 2.24) is 20.2 Å². The highest BCUT2D eigenvalue weighted by molar-refractivity contribution is 5.73. The van der Waals surface area contributed by atoms with Crippen molar-refractivity contribution in [3.05, 3.63) is 18.0 Å². The first-order chi connectivity index (χ1) is 11.7. The van der Waals surface area contributed by atoms with Crippen molar-refractivity contribution in [1.29, 1.82) is 0 Å². The smallest absolute Gasteiger partial charge is 0.225 e. The maximum absolute atomic E-state index is 11.6. The van der Waals surface area contributed by atoms with Crippen molar-refractivity contribution in [3.63, 3.8) is 0 Å². The molecule has 1 amide bonds. The zero-order chi connectivity index (χ0) is 16.9. The lowest BCUT2D eigenvalue weighted by Crippen LogP contribution is -2.50. The fourth-order valence-corrected chi connectivity index (χ4v) is 3.77. The molecule has 0 spiro atoms. The van der Waals surface area contributed by atoms with Crippen LogP contribution >= 0.6 is 0 Å². The Morgan fingerprint density at radius 1 is 1.25 bits per heavy atom. The third-order valence-electron chi connectivity index (χ3n) is 5.35. The number of nitrogens with zero attached hydrogens (tertiary/aromatic N) is 4. The molecule has 6 nitrogen and oxygen atoms in total. The molecule has 0 aromatic carbocycles. The number of hydrogen-bond donors (Lipinski definition) is 1. The second-order valence-corrected chi connectivity index (χ2v) is 6.99. The third-order valence-corrected chi connectivity index (χ3v) is 5.35. The molecular formula is C18H29N5O. The summed E-state index contributed by atoms with van der Waals surface area (Å²) >= 11 is 0. The second kappa shape index (κ2) is 7.92. The Balaban J connectivity index is 1.52. The van der Waals surface area contributed by atoms with Gasteiger partial charge in [0.15, 0.2) is 0 Å². The highest BCUT2D eigenvalue weighted by atomic mass is 16.2. The average molecular weight is 331 g/mol. The summed E-state index contributed by atoms with van der Waals surface area (Å²) in [4.78, 5) is 24.8. The fraction of sp³-hybridized carbons (Fsp3) is 0.722. The van der Waals surface area contributed by atoms with Crippen LogP contribution in [0.5, 0.6) is 0 Å². The van der Waals surface area contributed by atoms with Gasteiger partial charge in [0, 0.05) is 63.6 Å². The molecule has 132 valence electrons. The number of amides is 1. The molecule has 0 radical (unpaired) electrons. The fourth-order valence-electron chi connectivity index (χ4n) is 3.77. The van der Waals surface area contributed by atoms with Crippen LogP contribution in [-0.4, -0.2) is 53.0 Å². The number of piperidine rings is 1. The van der Waals surface area contributed by atoms with Crippen molar-refractivity contribution in [2.75, 3.05) is 31.1 Å². The minimum atomic E-state index is 0.192. The van der Waals surface area contributed by atoms with Gasteiger partial charge < -0.3 is 15.1 Å². The van der Waals surface area contributed by atoms with Crippen molar-refractivity contribution < 1.29 is 4.79 Å². The van der Waals surface area contributed by atoms with E-state index in [9.17, 15) is 4.79 Å². The van der Waals surface area contributed by atoms with Crippen molar-refractivity contribution in [2.45, 2.75) is 52.1 Å². The summed E-state index contributed by atoms with van der Waals surface area (Å²) in [7, 11) is 0. The Bertz CT molecular complexity index is 541. The molecule has 1 aromatic rings. The number of likely N-dealkylation sites (tertiary alicyclic amines) is 1. The van der Waals surface area contributed by atoms with E-state index in [-0.39, 0.29) is 5.91 Å². The molecule has 24 heavy (non-hydrogen) atoms. The average Bonchev–Trinajstić information content (AvgIpc) is 3.14. The van der Waals surface area contributed by atoms with E-state index < -0.39 is 0 Å². The van der Waals surface area contributed by atoms with Gasteiger partial charge in [-0.1, -0.05) is 13.3 Å². The molecule has 0 bridgehead atoms.